The van der Waals surface area contributed by atoms with E-state index in [-0.39, 0.29) is 5.41 Å². The Balaban J connectivity index is 1.47. The number of hydrogen-bond donors (Lipinski definition) is 2. The van der Waals surface area contributed by atoms with E-state index in [2.05, 4.69) is 51.9 Å². The molecule has 2 aliphatic rings. The van der Waals surface area contributed by atoms with Crippen LogP contribution in [0.5, 0.6) is 0 Å². The largest absolute Gasteiger partial charge is 0.356 e. The van der Waals surface area contributed by atoms with Gasteiger partial charge < -0.3 is 10.6 Å². The molecule has 1 unspecified atom stereocenters. The Bertz CT molecular complexity index is 532. The third-order valence-electron chi connectivity index (χ3n) is 5.51. The zero-order valence-corrected chi connectivity index (χ0v) is 16.2. The minimum Gasteiger partial charge on any atom is -0.356 e. The highest BCUT2D eigenvalue weighted by Crippen LogP contribution is 2.27. The maximum absolute atomic E-state index is 4.44. The number of rotatable bonds is 5. The van der Waals surface area contributed by atoms with E-state index in [1.165, 1.54) is 50.1 Å². The molecule has 1 aliphatic heterocycles. The lowest BCUT2D eigenvalue weighted by atomic mass is 9.91. The Morgan fingerprint density at radius 1 is 1.33 bits per heavy atom. The van der Waals surface area contributed by atoms with Crippen molar-refractivity contribution in [3.8, 4) is 0 Å². The van der Waals surface area contributed by atoms with E-state index in [4.69, 9.17) is 0 Å². The molecule has 0 amide bonds. The summed E-state index contributed by atoms with van der Waals surface area (Å²) < 4.78 is 0. The molecule has 1 aromatic heterocycles. The van der Waals surface area contributed by atoms with Crippen LogP contribution in [0.2, 0.25) is 0 Å². The highest BCUT2D eigenvalue weighted by molar-refractivity contribution is 7.10. The van der Waals surface area contributed by atoms with Crippen molar-refractivity contribution in [2.75, 3.05) is 26.7 Å². The van der Waals surface area contributed by atoms with Crippen LogP contribution in [0, 0.1) is 0 Å². The van der Waals surface area contributed by atoms with Crippen LogP contribution in [0.1, 0.15) is 50.8 Å². The molecule has 1 aliphatic carbocycles. The van der Waals surface area contributed by atoms with E-state index in [1.807, 2.05) is 18.4 Å². The van der Waals surface area contributed by atoms with Gasteiger partial charge in [-0.25, -0.2) is 0 Å². The van der Waals surface area contributed by atoms with Crippen LogP contribution >= 0.6 is 11.3 Å². The van der Waals surface area contributed by atoms with Crippen LogP contribution in [0.3, 0.4) is 0 Å². The molecular formula is C19H32N4S. The first-order valence-electron chi connectivity index (χ1n) is 9.34. The van der Waals surface area contributed by atoms with Crippen molar-refractivity contribution in [3.05, 3.63) is 22.4 Å². The minimum atomic E-state index is 0.122. The van der Waals surface area contributed by atoms with E-state index in [0.29, 0.717) is 6.04 Å². The summed E-state index contributed by atoms with van der Waals surface area (Å²) in [6.45, 7) is 7.87. The van der Waals surface area contributed by atoms with Crippen molar-refractivity contribution in [1.82, 2.24) is 15.5 Å². The average Bonchev–Trinajstić information content (AvgIpc) is 3.33. The average molecular weight is 349 g/mol. The first kappa shape index (κ1) is 17.7. The molecule has 2 N–H and O–H groups in total. The van der Waals surface area contributed by atoms with Gasteiger partial charge in [-0.2, -0.15) is 0 Å². The van der Waals surface area contributed by atoms with Gasteiger partial charge in [0.25, 0.3) is 0 Å². The zero-order valence-electron chi connectivity index (χ0n) is 15.3. The summed E-state index contributed by atoms with van der Waals surface area (Å²) in [5, 5.41) is 9.33. The molecule has 5 heteroatoms. The summed E-state index contributed by atoms with van der Waals surface area (Å²) in [5.41, 5.74) is 0.122. The molecule has 24 heavy (non-hydrogen) atoms. The number of aliphatic imine (C=N–C) groups is 1. The lowest BCUT2D eigenvalue weighted by molar-refractivity contribution is 0.242. The van der Waals surface area contributed by atoms with E-state index < -0.39 is 0 Å². The monoisotopic (exact) mass is 348 g/mol. The van der Waals surface area contributed by atoms with Gasteiger partial charge in [-0.15, -0.1) is 11.3 Å². The Morgan fingerprint density at radius 2 is 2.12 bits per heavy atom. The van der Waals surface area contributed by atoms with Gasteiger partial charge in [0.15, 0.2) is 5.96 Å². The summed E-state index contributed by atoms with van der Waals surface area (Å²) in [6.07, 6.45) is 6.86. The van der Waals surface area contributed by atoms with Crippen LogP contribution in [0.15, 0.2) is 22.5 Å². The van der Waals surface area contributed by atoms with Gasteiger partial charge in [-0.05, 0) is 30.7 Å². The molecule has 0 radical (unpaired) electrons. The summed E-state index contributed by atoms with van der Waals surface area (Å²) in [6, 6.07) is 5.72. The van der Waals surface area contributed by atoms with E-state index in [0.717, 1.165) is 18.5 Å². The molecule has 2 heterocycles. The number of hydrogen-bond acceptors (Lipinski definition) is 3. The smallest absolute Gasteiger partial charge is 0.191 e. The molecule has 1 saturated carbocycles. The van der Waals surface area contributed by atoms with Crippen molar-refractivity contribution in [2.45, 2.75) is 63.5 Å². The summed E-state index contributed by atoms with van der Waals surface area (Å²) in [4.78, 5) is 8.54. The molecule has 1 aromatic rings. The van der Waals surface area contributed by atoms with Crippen molar-refractivity contribution in [1.29, 1.82) is 0 Å². The molecule has 2 fully saturated rings. The van der Waals surface area contributed by atoms with Gasteiger partial charge in [0.05, 0.1) is 0 Å². The summed E-state index contributed by atoms with van der Waals surface area (Å²) in [5.74, 6) is 0.943. The zero-order chi connectivity index (χ0) is 17.0. The highest BCUT2D eigenvalue weighted by Gasteiger charge is 2.30. The summed E-state index contributed by atoms with van der Waals surface area (Å²) >= 11 is 1.83. The van der Waals surface area contributed by atoms with Crippen LogP contribution in [0.25, 0.3) is 0 Å². The quantitative estimate of drug-likeness (QED) is 0.634. The van der Waals surface area contributed by atoms with Gasteiger partial charge in [0, 0.05) is 49.1 Å². The Labute approximate surface area is 150 Å². The van der Waals surface area contributed by atoms with Gasteiger partial charge in [-0.1, -0.05) is 32.8 Å². The first-order chi connectivity index (χ1) is 11.6. The van der Waals surface area contributed by atoms with Gasteiger partial charge in [-0.3, -0.25) is 9.89 Å². The molecule has 0 bridgehead atoms. The van der Waals surface area contributed by atoms with E-state index >= 15 is 0 Å². The highest BCUT2D eigenvalue weighted by atomic mass is 32.1. The molecule has 1 atom stereocenters. The fourth-order valence-electron chi connectivity index (χ4n) is 3.95. The molecule has 134 valence electrons. The summed E-state index contributed by atoms with van der Waals surface area (Å²) in [7, 11) is 1.87. The molecule has 0 spiro atoms. The third kappa shape index (κ3) is 4.31. The van der Waals surface area contributed by atoms with Crippen LogP contribution in [-0.2, 0) is 5.41 Å². The molecule has 3 rings (SSSR count). The standard InChI is InChI=1S/C19H32N4S/c1-19(2,17-9-6-12-24-17)14-21-18(20-3)22-15-10-11-23(13-15)16-7-4-5-8-16/h6,9,12,15-16H,4-5,7-8,10-11,13-14H2,1-3H3,(H2,20,21,22). The van der Waals surface area contributed by atoms with Gasteiger partial charge >= 0.3 is 0 Å². The van der Waals surface area contributed by atoms with Crippen LogP contribution in [-0.4, -0.2) is 49.6 Å². The van der Waals surface area contributed by atoms with Crippen LogP contribution < -0.4 is 10.6 Å². The number of thiophene rings is 1. The van der Waals surface area contributed by atoms with E-state index in [1.54, 1.807) is 0 Å². The second-order valence-corrected chi connectivity index (χ2v) is 8.80. The maximum atomic E-state index is 4.44. The van der Waals surface area contributed by atoms with Crippen LogP contribution in [0.4, 0.5) is 0 Å². The third-order valence-corrected chi connectivity index (χ3v) is 6.75. The lowest BCUT2D eigenvalue weighted by Gasteiger charge is -2.27. The predicted molar refractivity (Wildman–Crippen MR) is 104 cm³/mol. The van der Waals surface area contributed by atoms with E-state index in [9.17, 15) is 0 Å². The van der Waals surface area contributed by atoms with Crippen molar-refractivity contribution in [2.24, 2.45) is 4.99 Å². The van der Waals surface area contributed by atoms with Gasteiger partial charge in [0.2, 0.25) is 0 Å². The Morgan fingerprint density at radius 3 is 2.79 bits per heavy atom. The Kier molecular flexibility index (Phi) is 5.82. The topological polar surface area (TPSA) is 39.7 Å². The second-order valence-electron chi connectivity index (χ2n) is 7.85. The number of likely N-dealkylation sites (tertiary alicyclic amines) is 1. The normalized spacial score (nSPS) is 23.8. The fourth-order valence-corrected chi connectivity index (χ4v) is 4.80. The molecule has 1 saturated heterocycles. The fraction of sp³-hybridized carbons (Fsp3) is 0.737. The minimum absolute atomic E-state index is 0.122. The number of nitrogens with zero attached hydrogens (tertiary/aromatic N) is 2. The van der Waals surface area contributed by atoms with Crippen molar-refractivity contribution >= 4 is 17.3 Å². The first-order valence-corrected chi connectivity index (χ1v) is 10.2. The SMILES string of the molecule is CN=C(NCC(C)(C)c1cccs1)NC1CCN(C2CCCC2)C1. The van der Waals surface area contributed by atoms with Crippen molar-refractivity contribution < 1.29 is 0 Å². The predicted octanol–water partition coefficient (Wildman–Crippen LogP) is 3.21. The van der Waals surface area contributed by atoms with Gasteiger partial charge in [0.1, 0.15) is 0 Å². The number of guanidine groups is 1. The second kappa shape index (κ2) is 7.87. The van der Waals surface area contributed by atoms with Crippen molar-refractivity contribution in [3.63, 3.8) is 0 Å². The maximum Gasteiger partial charge on any atom is 0.191 e. The number of nitrogens with one attached hydrogen (secondary N) is 2. The Hall–Kier alpha value is -1.07. The molecule has 0 aromatic carbocycles. The molecular weight excluding hydrogens is 316 g/mol. The molecule has 4 nitrogen and oxygen atoms in total. The lowest BCUT2D eigenvalue weighted by Crippen LogP contribution is -2.48.